The zero-order valence-corrected chi connectivity index (χ0v) is 11.9. The van der Waals surface area contributed by atoms with Crippen LogP contribution in [0.5, 0.6) is 0 Å². The van der Waals surface area contributed by atoms with Gasteiger partial charge in [-0.15, -0.1) is 0 Å². The normalized spacial score (nSPS) is 10.3. The number of rotatable bonds is 4. The largest absolute Gasteiger partial charge is 0.463 e. The summed E-state index contributed by atoms with van der Waals surface area (Å²) in [6, 6.07) is 0. The monoisotopic (exact) mass is 308 g/mol. The molecule has 0 spiro atoms. The molecule has 0 unspecified atom stereocenters. The van der Waals surface area contributed by atoms with Crippen LogP contribution in [0.4, 0.5) is 11.6 Å². The highest BCUT2D eigenvalue weighted by molar-refractivity contribution is 6.02. The predicted octanol–water partition coefficient (Wildman–Crippen LogP) is 0.697. The average molecular weight is 308 g/mol. The van der Waals surface area contributed by atoms with Gasteiger partial charge < -0.3 is 30.1 Å². The average Bonchev–Trinajstić information content (AvgIpc) is 3.02. The van der Waals surface area contributed by atoms with Crippen molar-refractivity contribution in [3.8, 4) is 0 Å². The van der Waals surface area contributed by atoms with E-state index in [1.54, 1.807) is 6.92 Å². The van der Waals surface area contributed by atoms with Crippen molar-refractivity contribution in [3.63, 3.8) is 0 Å². The zero-order chi connectivity index (χ0) is 16.4. The first-order valence-electron chi connectivity index (χ1n) is 6.00. The van der Waals surface area contributed by atoms with Crippen LogP contribution >= 0.6 is 0 Å². The van der Waals surface area contributed by atoms with Crippen molar-refractivity contribution in [2.45, 2.75) is 13.8 Å². The first-order valence-corrected chi connectivity index (χ1v) is 6.00. The summed E-state index contributed by atoms with van der Waals surface area (Å²) < 4.78 is 4.50. The molecule has 0 atom stereocenters. The Morgan fingerprint density at radius 3 is 2.36 bits per heavy atom. The number of amides is 1. The third-order valence-electron chi connectivity index (χ3n) is 2.74. The van der Waals surface area contributed by atoms with Crippen LogP contribution in [0.2, 0.25) is 0 Å². The summed E-state index contributed by atoms with van der Waals surface area (Å²) in [5, 5.41) is 13.1. The van der Waals surface area contributed by atoms with Gasteiger partial charge in [0.2, 0.25) is 5.82 Å². The van der Waals surface area contributed by atoms with Crippen LogP contribution in [-0.4, -0.2) is 43.8 Å². The van der Waals surface area contributed by atoms with Crippen molar-refractivity contribution in [1.82, 2.24) is 19.9 Å². The summed E-state index contributed by atoms with van der Waals surface area (Å²) in [5.41, 5.74) is 0.579. The summed E-state index contributed by atoms with van der Waals surface area (Å²) in [4.78, 5) is 46.0. The molecule has 3 N–H and O–H groups in total. The summed E-state index contributed by atoms with van der Waals surface area (Å²) in [5.74, 6) is -2.04. The molecule has 2 aromatic heterocycles. The number of esters is 1. The molecule has 0 saturated heterocycles. The molecule has 0 aromatic carbocycles. The maximum absolute atomic E-state index is 12.0. The number of carbonyl (C=O) groups excluding carboxylic acids is 2. The van der Waals surface area contributed by atoms with Crippen LogP contribution in [0, 0.1) is 24.0 Å². The van der Waals surface area contributed by atoms with Crippen molar-refractivity contribution in [2.24, 2.45) is 0 Å². The molecule has 0 radical (unpaired) electrons. The molecule has 0 aliphatic rings. The molecule has 2 heterocycles. The number of carbonyl (C=O) groups is 2. The molecule has 2 aromatic rings. The number of hydrogen-bond donors (Lipinski definition) is 3. The molecule has 1 amide bonds. The van der Waals surface area contributed by atoms with E-state index in [0.29, 0.717) is 5.69 Å². The van der Waals surface area contributed by atoms with Gasteiger partial charge in [0.15, 0.2) is 5.82 Å². The lowest BCUT2D eigenvalue weighted by Gasteiger charge is -1.97. The number of aromatic amines is 2. The third-order valence-corrected chi connectivity index (χ3v) is 2.74. The van der Waals surface area contributed by atoms with E-state index in [1.165, 1.54) is 14.0 Å². The Kier molecular flexibility index (Phi) is 3.88. The summed E-state index contributed by atoms with van der Waals surface area (Å²) in [6.07, 6.45) is 0. The number of ether oxygens (including phenoxy) is 1. The van der Waals surface area contributed by atoms with Gasteiger partial charge in [-0.25, -0.2) is 9.78 Å². The highest BCUT2D eigenvalue weighted by Gasteiger charge is 2.25. The molecule has 0 aliphatic carbocycles. The van der Waals surface area contributed by atoms with E-state index in [9.17, 15) is 19.7 Å². The third kappa shape index (κ3) is 2.77. The number of aromatic nitrogens is 4. The number of imidazole rings is 2. The molecule has 22 heavy (non-hydrogen) atoms. The Hall–Kier alpha value is -3.24. The van der Waals surface area contributed by atoms with Gasteiger partial charge in [0.25, 0.3) is 0 Å². The fourth-order valence-electron chi connectivity index (χ4n) is 1.68. The summed E-state index contributed by atoms with van der Waals surface area (Å²) >= 11 is 0. The van der Waals surface area contributed by atoms with Gasteiger partial charge in [0.1, 0.15) is 5.69 Å². The molecule has 0 bridgehead atoms. The van der Waals surface area contributed by atoms with Crippen molar-refractivity contribution in [2.75, 3.05) is 12.4 Å². The molecule has 11 nitrogen and oxygen atoms in total. The highest BCUT2D eigenvalue weighted by atomic mass is 16.6. The second kappa shape index (κ2) is 5.63. The van der Waals surface area contributed by atoms with Gasteiger partial charge in [-0.05, 0) is 23.8 Å². The summed E-state index contributed by atoms with van der Waals surface area (Å²) in [7, 11) is 1.20. The quantitative estimate of drug-likeness (QED) is 0.426. The van der Waals surface area contributed by atoms with Crippen molar-refractivity contribution in [3.05, 3.63) is 33.2 Å². The minimum atomic E-state index is -0.720. The number of nitrogens with zero attached hydrogens (tertiary/aromatic N) is 3. The standard InChI is InChI=1S/C11H12N6O5/c1-4-6(14-8(12-4)11(19)22-3)16-10(18)7-13-5(2)9(15-7)17(20)21/h1-3H3,(H,12,14)(H,13,15)(H,16,18). The Morgan fingerprint density at radius 1 is 1.18 bits per heavy atom. The van der Waals surface area contributed by atoms with E-state index in [4.69, 9.17) is 0 Å². The van der Waals surface area contributed by atoms with Crippen LogP contribution < -0.4 is 5.32 Å². The van der Waals surface area contributed by atoms with E-state index in [1.807, 2.05) is 0 Å². The van der Waals surface area contributed by atoms with Gasteiger partial charge in [-0.2, -0.15) is 0 Å². The number of hydrogen-bond acceptors (Lipinski definition) is 7. The maximum Gasteiger partial charge on any atom is 0.385 e. The van der Waals surface area contributed by atoms with Crippen LogP contribution in [0.3, 0.4) is 0 Å². The topological polar surface area (TPSA) is 156 Å². The minimum Gasteiger partial charge on any atom is -0.463 e. The number of nitro groups is 1. The van der Waals surface area contributed by atoms with Crippen molar-refractivity contribution >= 4 is 23.5 Å². The van der Waals surface area contributed by atoms with Crippen molar-refractivity contribution in [1.29, 1.82) is 0 Å². The van der Waals surface area contributed by atoms with Crippen LogP contribution in [0.1, 0.15) is 32.6 Å². The molecule has 116 valence electrons. The van der Waals surface area contributed by atoms with Gasteiger partial charge >= 0.3 is 23.5 Å². The Bertz CT molecular complexity index is 761. The molecule has 0 fully saturated rings. The van der Waals surface area contributed by atoms with E-state index in [0.717, 1.165) is 0 Å². The van der Waals surface area contributed by atoms with Gasteiger partial charge in [0, 0.05) is 0 Å². The first-order chi connectivity index (χ1) is 10.3. The number of anilines is 1. The van der Waals surface area contributed by atoms with Gasteiger partial charge in [0.05, 0.1) is 12.8 Å². The van der Waals surface area contributed by atoms with Crippen molar-refractivity contribution < 1.29 is 19.2 Å². The van der Waals surface area contributed by atoms with E-state index in [2.05, 4.69) is 30.0 Å². The number of nitrogens with one attached hydrogen (secondary N) is 3. The fraction of sp³-hybridized carbons (Fsp3) is 0.273. The van der Waals surface area contributed by atoms with E-state index in [-0.39, 0.29) is 23.2 Å². The molecule has 0 saturated carbocycles. The second-order valence-corrected chi connectivity index (χ2v) is 4.30. The second-order valence-electron chi connectivity index (χ2n) is 4.30. The Morgan fingerprint density at radius 2 is 1.82 bits per heavy atom. The smallest absolute Gasteiger partial charge is 0.385 e. The van der Waals surface area contributed by atoms with E-state index >= 15 is 0 Å². The molecule has 11 heteroatoms. The number of H-pyrrole nitrogens is 2. The zero-order valence-electron chi connectivity index (χ0n) is 11.9. The SMILES string of the molecule is COC(=O)c1nc(NC(=O)c2nc([N+](=O)[O-])c(C)[nH]2)c(C)[nH]1. The fourth-order valence-corrected chi connectivity index (χ4v) is 1.68. The predicted molar refractivity (Wildman–Crippen MR) is 72.6 cm³/mol. The first kappa shape index (κ1) is 15.2. The van der Waals surface area contributed by atoms with Gasteiger partial charge in [-0.3, -0.25) is 4.79 Å². The highest BCUT2D eigenvalue weighted by Crippen LogP contribution is 2.16. The maximum atomic E-state index is 12.0. The minimum absolute atomic E-state index is 0.0723. The molecular formula is C11H12N6O5. The molecule has 0 aliphatic heterocycles. The lowest BCUT2D eigenvalue weighted by atomic mass is 10.4. The van der Waals surface area contributed by atoms with Crippen LogP contribution in [0.25, 0.3) is 0 Å². The molecule has 2 rings (SSSR count). The van der Waals surface area contributed by atoms with Gasteiger partial charge in [-0.1, -0.05) is 0 Å². The Balaban J connectivity index is 2.22. The Labute approximate surface area is 123 Å². The number of aryl methyl sites for hydroxylation is 2. The number of methoxy groups -OCH3 is 1. The van der Waals surface area contributed by atoms with E-state index < -0.39 is 22.6 Å². The summed E-state index contributed by atoms with van der Waals surface area (Å²) in [6.45, 7) is 3.02. The van der Waals surface area contributed by atoms with Crippen LogP contribution in [-0.2, 0) is 4.74 Å². The van der Waals surface area contributed by atoms with Crippen LogP contribution in [0.15, 0.2) is 0 Å². The molecular weight excluding hydrogens is 296 g/mol. The lowest BCUT2D eigenvalue weighted by Crippen LogP contribution is -2.15. The lowest BCUT2D eigenvalue weighted by molar-refractivity contribution is -0.389.